The van der Waals surface area contributed by atoms with Crippen LogP contribution in [0.3, 0.4) is 0 Å². The molecular formula is C27H21FN2O4. The standard InChI is InChI=1S/C27H21FN2O4/c1-16(26(31)30-23-11-5-3-9-21(23)28)34-27(32)24-19-8-2-4-10-22(19)29-25-17(12-13-20(24)25)15-18-7-6-14-33-18/h2-11,14-16H,12-13H2,1H3,(H,30,31)/b17-15+. The molecule has 1 aliphatic carbocycles. The Labute approximate surface area is 195 Å². The molecule has 0 spiro atoms. The van der Waals surface area contributed by atoms with E-state index in [2.05, 4.69) is 5.32 Å². The van der Waals surface area contributed by atoms with Gasteiger partial charge in [0.25, 0.3) is 5.91 Å². The second kappa shape index (κ2) is 8.94. The van der Waals surface area contributed by atoms with E-state index >= 15 is 0 Å². The topological polar surface area (TPSA) is 81.4 Å². The summed E-state index contributed by atoms with van der Waals surface area (Å²) in [6.45, 7) is 1.46. The van der Waals surface area contributed by atoms with Gasteiger partial charge in [0.15, 0.2) is 6.10 Å². The summed E-state index contributed by atoms with van der Waals surface area (Å²) in [6, 6.07) is 16.8. The Bertz CT molecular complexity index is 1430. The maximum Gasteiger partial charge on any atom is 0.339 e. The second-order valence-electron chi connectivity index (χ2n) is 8.03. The number of nitrogens with zero attached hydrogens (tertiary/aromatic N) is 1. The largest absolute Gasteiger partial charge is 0.465 e. The SMILES string of the molecule is CC(OC(=O)c1c2c(nc3ccccc13)/C(=C/c1ccco1)CC2)C(=O)Nc1ccccc1F. The fourth-order valence-electron chi connectivity index (χ4n) is 4.13. The molecule has 2 aromatic carbocycles. The van der Waals surface area contributed by atoms with Crippen LogP contribution in [0.5, 0.6) is 0 Å². The molecule has 1 N–H and O–H groups in total. The number of ether oxygens (including phenoxy) is 1. The zero-order valence-electron chi connectivity index (χ0n) is 18.4. The van der Waals surface area contributed by atoms with Crippen molar-refractivity contribution in [2.75, 3.05) is 5.32 Å². The zero-order valence-corrected chi connectivity index (χ0v) is 18.4. The molecule has 1 aliphatic rings. The summed E-state index contributed by atoms with van der Waals surface area (Å²) < 4.78 is 24.9. The Kier molecular flexibility index (Phi) is 5.67. The number of para-hydroxylation sites is 2. The minimum atomic E-state index is -1.13. The highest BCUT2D eigenvalue weighted by Gasteiger charge is 2.29. The van der Waals surface area contributed by atoms with E-state index < -0.39 is 23.8 Å². The number of esters is 1. The third-order valence-corrected chi connectivity index (χ3v) is 5.79. The molecule has 1 atom stereocenters. The Morgan fingerprint density at radius 3 is 2.68 bits per heavy atom. The number of rotatable bonds is 5. The monoisotopic (exact) mass is 456 g/mol. The first-order chi connectivity index (χ1) is 16.5. The minimum absolute atomic E-state index is 0.0263. The van der Waals surface area contributed by atoms with Crippen molar-refractivity contribution in [3.8, 4) is 0 Å². The van der Waals surface area contributed by atoms with Gasteiger partial charge in [-0.15, -0.1) is 0 Å². The van der Waals surface area contributed by atoms with Crippen LogP contribution in [0.15, 0.2) is 71.3 Å². The average Bonchev–Trinajstić information content (AvgIpc) is 3.49. The van der Waals surface area contributed by atoms with E-state index in [-0.39, 0.29) is 5.69 Å². The number of pyridine rings is 1. The van der Waals surface area contributed by atoms with Crippen molar-refractivity contribution in [2.24, 2.45) is 0 Å². The molecule has 2 aromatic heterocycles. The Balaban J connectivity index is 1.47. The van der Waals surface area contributed by atoms with Crippen molar-refractivity contribution in [1.29, 1.82) is 0 Å². The van der Waals surface area contributed by atoms with Crippen LogP contribution in [0.25, 0.3) is 22.6 Å². The lowest BCUT2D eigenvalue weighted by atomic mass is 10.0. The molecule has 0 aliphatic heterocycles. The zero-order chi connectivity index (χ0) is 23.7. The van der Waals surface area contributed by atoms with Crippen molar-refractivity contribution < 1.29 is 23.1 Å². The number of hydrogen-bond donors (Lipinski definition) is 1. The first-order valence-electron chi connectivity index (χ1n) is 10.9. The van der Waals surface area contributed by atoms with E-state index in [1.165, 1.54) is 25.1 Å². The molecule has 2 heterocycles. The third kappa shape index (κ3) is 4.08. The number of furan rings is 1. The van der Waals surface area contributed by atoms with Crippen LogP contribution in [0, 0.1) is 5.82 Å². The van der Waals surface area contributed by atoms with E-state index in [0.717, 1.165) is 16.8 Å². The number of fused-ring (bicyclic) bond motifs is 2. The number of carbonyl (C=O) groups excluding carboxylic acids is 2. The maximum atomic E-state index is 13.9. The molecular weight excluding hydrogens is 435 g/mol. The van der Waals surface area contributed by atoms with Crippen LogP contribution < -0.4 is 5.32 Å². The number of allylic oxidation sites excluding steroid dienone is 1. The number of anilines is 1. The van der Waals surface area contributed by atoms with Crippen molar-refractivity contribution in [2.45, 2.75) is 25.9 Å². The number of hydrogen-bond acceptors (Lipinski definition) is 5. The van der Waals surface area contributed by atoms with Crippen LogP contribution >= 0.6 is 0 Å². The molecule has 0 radical (unpaired) electrons. The van der Waals surface area contributed by atoms with E-state index in [0.29, 0.717) is 35.1 Å². The average molecular weight is 456 g/mol. The van der Waals surface area contributed by atoms with Crippen LogP contribution in [0.4, 0.5) is 10.1 Å². The highest BCUT2D eigenvalue weighted by atomic mass is 19.1. The van der Waals surface area contributed by atoms with Gasteiger partial charge in [-0.1, -0.05) is 30.3 Å². The summed E-state index contributed by atoms with van der Waals surface area (Å²) in [4.78, 5) is 30.7. The van der Waals surface area contributed by atoms with E-state index in [4.69, 9.17) is 14.1 Å². The Morgan fingerprint density at radius 2 is 1.88 bits per heavy atom. The number of aromatic nitrogens is 1. The molecule has 0 saturated carbocycles. The number of halogens is 1. The van der Waals surface area contributed by atoms with Gasteiger partial charge in [0.1, 0.15) is 11.6 Å². The van der Waals surface area contributed by atoms with Crippen molar-refractivity contribution in [3.05, 3.63) is 95.3 Å². The molecule has 0 bridgehead atoms. The van der Waals surface area contributed by atoms with Gasteiger partial charge in [-0.05, 0) is 67.3 Å². The molecule has 4 aromatic rings. The molecule has 1 unspecified atom stereocenters. The predicted molar refractivity (Wildman–Crippen MR) is 127 cm³/mol. The third-order valence-electron chi connectivity index (χ3n) is 5.79. The molecule has 0 saturated heterocycles. The van der Waals surface area contributed by atoms with Gasteiger partial charge >= 0.3 is 5.97 Å². The summed E-state index contributed by atoms with van der Waals surface area (Å²) in [5.74, 6) is -1.10. The predicted octanol–water partition coefficient (Wildman–Crippen LogP) is 5.64. The molecule has 7 heteroatoms. The van der Waals surface area contributed by atoms with Gasteiger partial charge in [-0.25, -0.2) is 14.2 Å². The normalized spacial score (nSPS) is 14.7. The second-order valence-corrected chi connectivity index (χ2v) is 8.03. The summed E-state index contributed by atoms with van der Waals surface area (Å²) in [5, 5.41) is 3.12. The van der Waals surface area contributed by atoms with Gasteiger partial charge in [0.2, 0.25) is 0 Å². The number of carbonyl (C=O) groups is 2. The summed E-state index contributed by atoms with van der Waals surface area (Å²) >= 11 is 0. The first-order valence-corrected chi connectivity index (χ1v) is 10.9. The van der Waals surface area contributed by atoms with Crippen molar-refractivity contribution in [3.63, 3.8) is 0 Å². The van der Waals surface area contributed by atoms with Crippen LogP contribution in [-0.4, -0.2) is 23.0 Å². The Hall–Kier alpha value is -4.26. The van der Waals surface area contributed by atoms with E-state index in [1.807, 2.05) is 42.5 Å². The van der Waals surface area contributed by atoms with Gasteiger partial charge in [0, 0.05) is 5.39 Å². The highest BCUT2D eigenvalue weighted by molar-refractivity contribution is 6.08. The minimum Gasteiger partial charge on any atom is -0.465 e. The van der Waals surface area contributed by atoms with Gasteiger partial charge in [-0.3, -0.25) is 4.79 Å². The fourth-order valence-corrected chi connectivity index (χ4v) is 4.13. The van der Waals surface area contributed by atoms with Gasteiger partial charge in [-0.2, -0.15) is 0 Å². The number of benzene rings is 2. The number of nitrogens with one attached hydrogen (secondary N) is 1. The molecule has 1 amide bonds. The molecule has 0 fully saturated rings. The summed E-state index contributed by atoms with van der Waals surface area (Å²) in [5.41, 5.74) is 3.56. The van der Waals surface area contributed by atoms with Crippen molar-refractivity contribution in [1.82, 2.24) is 4.98 Å². The van der Waals surface area contributed by atoms with E-state index in [1.54, 1.807) is 12.3 Å². The van der Waals surface area contributed by atoms with Crippen LogP contribution in [-0.2, 0) is 16.0 Å². The maximum absolute atomic E-state index is 13.9. The highest BCUT2D eigenvalue weighted by Crippen LogP contribution is 2.38. The molecule has 170 valence electrons. The summed E-state index contributed by atoms with van der Waals surface area (Å²) in [7, 11) is 0. The molecule has 34 heavy (non-hydrogen) atoms. The lowest BCUT2D eigenvalue weighted by molar-refractivity contribution is -0.123. The molecule has 5 rings (SSSR count). The lowest BCUT2D eigenvalue weighted by Gasteiger charge is -2.16. The lowest BCUT2D eigenvalue weighted by Crippen LogP contribution is -2.30. The Morgan fingerprint density at radius 1 is 1.09 bits per heavy atom. The number of amides is 1. The quantitative estimate of drug-likeness (QED) is 0.393. The molecule has 6 nitrogen and oxygen atoms in total. The van der Waals surface area contributed by atoms with Crippen LogP contribution in [0.1, 0.15) is 40.7 Å². The first kappa shape index (κ1) is 21.6. The van der Waals surface area contributed by atoms with Gasteiger partial charge in [0.05, 0.1) is 28.7 Å². The van der Waals surface area contributed by atoms with Crippen molar-refractivity contribution >= 4 is 40.1 Å². The van der Waals surface area contributed by atoms with E-state index in [9.17, 15) is 14.0 Å². The summed E-state index contributed by atoms with van der Waals surface area (Å²) in [6.07, 6.45) is 3.71. The van der Waals surface area contributed by atoms with Gasteiger partial charge < -0.3 is 14.5 Å². The smallest absolute Gasteiger partial charge is 0.339 e. The fraction of sp³-hybridized carbons (Fsp3) is 0.148. The van der Waals surface area contributed by atoms with Crippen LogP contribution in [0.2, 0.25) is 0 Å².